The molecule has 0 spiro atoms. The number of hydrogen-bond donors (Lipinski definition) is 3. The Hall–Kier alpha value is -2.98. The van der Waals surface area contributed by atoms with E-state index in [-0.39, 0.29) is 30.1 Å². The summed E-state index contributed by atoms with van der Waals surface area (Å²) in [5.74, 6) is -0.993. The molecule has 35 heavy (non-hydrogen) atoms. The van der Waals surface area contributed by atoms with Gasteiger partial charge in [-0.05, 0) is 68.0 Å². The molecule has 10 heteroatoms. The third kappa shape index (κ3) is 6.18. The van der Waals surface area contributed by atoms with Crippen LogP contribution in [0.2, 0.25) is 0 Å². The average molecular weight is 491 g/mol. The number of carbonyl (C=O) groups excluding carboxylic acids is 2. The van der Waals surface area contributed by atoms with E-state index in [9.17, 15) is 27.9 Å². The number of aromatic nitrogens is 1. The van der Waals surface area contributed by atoms with E-state index in [1.165, 1.54) is 12.1 Å². The summed E-state index contributed by atoms with van der Waals surface area (Å²) in [6.45, 7) is 0.775. The Bertz CT molecular complexity index is 1040. The van der Waals surface area contributed by atoms with Gasteiger partial charge in [0.15, 0.2) is 0 Å². The van der Waals surface area contributed by atoms with Crippen molar-refractivity contribution in [3.63, 3.8) is 0 Å². The third-order valence-electron chi connectivity index (χ3n) is 6.90. The van der Waals surface area contributed by atoms with Gasteiger partial charge in [0.1, 0.15) is 0 Å². The summed E-state index contributed by atoms with van der Waals surface area (Å²) in [7, 11) is 0. The molecular weight excluding hydrogens is 461 g/mol. The summed E-state index contributed by atoms with van der Waals surface area (Å²) >= 11 is 0. The van der Waals surface area contributed by atoms with Gasteiger partial charge in [-0.3, -0.25) is 14.6 Å². The standard InChI is InChI=1S/C25H29F3N4O3/c26-25(27,28)19-3-1-2-17(14-19)23(34)30-15-22(33)32-13-8-21(16-32)31-20-4-9-24(35,10-5-20)18-6-11-29-12-7-18/h1-3,6-7,11-12,14,20-21,31,35H,4-5,8-10,13,15-16H2,(H,30,34)/t20?,21-,24?/m0/s1. The number of nitrogens with zero attached hydrogens (tertiary/aromatic N) is 2. The minimum atomic E-state index is -4.54. The van der Waals surface area contributed by atoms with Crippen molar-refractivity contribution in [1.29, 1.82) is 0 Å². The van der Waals surface area contributed by atoms with Crippen molar-refractivity contribution in [3.8, 4) is 0 Å². The van der Waals surface area contributed by atoms with Gasteiger partial charge in [-0.15, -0.1) is 0 Å². The van der Waals surface area contributed by atoms with Gasteiger partial charge >= 0.3 is 6.18 Å². The van der Waals surface area contributed by atoms with Crippen LogP contribution in [0.4, 0.5) is 13.2 Å². The Morgan fingerprint density at radius 3 is 2.49 bits per heavy atom. The first kappa shape index (κ1) is 25.1. The second-order valence-corrected chi connectivity index (χ2v) is 9.30. The molecule has 188 valence electrons. The fourth-order valence-corrected chi connectivity index (χ4v) is 4.88. The fourth-order valence-electron chi connectivity index (χ4n) is 4.88. The van der Waals surface area contributed by atoms with Crippen LogP contribution >= 0.6 is 0 Å². The number of rotatable bonds is 6. The van der Waals surface area contributed by atoms with Crippen LogP contribution < -0.4 is 10.6 Å². The number of hydrogen-bond acceptors (Lipinski definition) is 5. The molecule has 1 saturated heterocycles. The highest BCUT2D eigenvalue weighted by molar-refractivity contribution is 5.96. The number of aliphatic hydroxyl groups is 1. The Morgan fingerprint density at radius 2 is 1.80 bits per heavy atom. The predicted molar refractivity (Wildman–Crippen MR) is 122 cm³/mol. The summed E-state index contributed by atoms with van der Waals surface area (Å²) < 4.78 is 38.6. The van der Waals surface area contributed by atoms with E-state index in [4.69, 9.17) is 0 Å². The van der Waals surface area contributed by atoms with Crippen LogP contribution in [-0.2, 0) is 16.6 Å². The van der Waals surface area contributed by atoms with Crippen LogP contribution in [0, 0.1) is 0 Å². The molecule has 2 fully saturated rings. The van der Waals surface area contributed by atoms with E-state index in [0.717, 1.165) is 37.0 Å². The lowest BCUT2D eigenvalue weighted by Crippen LogP contribution is -2.46. The normalized spacial score (nSPS) is 24.9. The summed E-state index contributed by atoms with van der Waals surface area (Å²) in [6, 6.07) is 8.18. The van der Waals surface area contributed by atoms with Gasteiger partial charge in [-0.1, -0.05) is 6.07 Å². The molecule has 1 aliphatic heterocycles. The van der Waals surface area contributed by atoms with E-state index < -0.39 is 23.2 Å². The number of carbonyl (C=O) groups is 2. The average Bonchev–Trinajstić information content (AvgIpc) is 3.32. The maximum absolute atomic E-state index is 12.9. The highest BCUT2D eigenvalue weighted by atomic mass is 19.4. The van der Waals surface area contributed by atoms with Crippen molar-refractivity contribution in [2.75, 3.05) is 19.6 Å². The molecule has 1 aliphatic carbocycles. The van der Waals surface area contributed by atoms with E-state index >= 15 is 0 Å². The van der Waals surface area contributed by atoms with E-state index in [0.29, 0.717) is 25.9 Å². The van der Waals surface area contributed by atoms with Crippen molar-refractivity contribution < 1.29 is 27.9 Å². The van der Waals surface area contributed by atoms with Gasteiger partial charge in [-0.25, -0.2) is 0 Å². The highest BCUT2D eigenvalue weighted by Gasteiger charge is 2.36. The zero-order valence-electron chi connectivity index (χ0n) is 19.2. The van der Waals surface area contributed by atoms with Gasteiger partial charge in [0.05, 0.1) is 17.7 Å². The van der Waals surface area contributed by atoms with Gasteiger partial charge in [0.25, 0.3) is 5.91 Å². The van der Waals surface area contributed by atoms with Crippen LogP contribution in [-0.4, -0.2) is 58.5 Å². The zero-order chi connectivity index (χ0) is 25.1. The van der Waals surface area contributed by atoms with Crippen LogP contribution in [0.3, 0.4) is 0 Å². The van der Waals surface area contributed by atoms with Crippen molar-refractivity contribution in [2.45, 2.75) is 56.0 Å². The molecule has 7 nitrogen and oxygen atoms in total. The number of likely N-dealkylation sites (tertiary alicyclic amines) is 1. The first-order valence-corrected chi connectivity index (χ1v) is 11.8. The molecule has 3 N–H and O–H groups in total. The SMILES string of the molecule is O=C(NCC(=O)N1CC[C@H](NC2CCC(O)(c3ccncc3)CC2)C1)c1cccc(C(F)(F)F)c1. The molecule has 2 amide bonds. The molecule has 1 saturated carbocycles. The number of pyridine rings is 1. The van der Waals surface area contributed by atoms with Crippen molar-refractivity contribution in [3.05, 3.63) is 65.5 Å². The Balaban J connectivity index is 1.21. The van der Waals surface area contributed by atoms with Gasteiger partial charge in [0, 0.05) is 43.1 Å². The fraction of sp³-hybridized carbons (Fsp3) is 0.480. The lowest BCUT2D eigenvalue weighted by Gasteiger charge is -2.37. The molecule has 1 aromatic carbocycles. The smallest absolute Gasteiger partial charge is 0.385 e. The predicted octanol–water partition coefficient (Wildman–Crippen LogP) is 2.85. The summed E-state index contributed by atoms with van der Waals surface area (Å²) in [6.07, 6.45) is 2.52. The highest BCUT2D eigenvalue weighted by Crippen LogP contribution is 2.37. The van der Waals surface area contributed by atoms with Crippen molar-refractivity contribution in [2.24, 2.45) is 0 Å². The molecule has 1 aromatic heterocycles. The third-order valence-corrected chi connectivity index (χ3v) is 6.90. The summed E-state index contributed by atoms with van der Waals surface area (Å²) in [5.41, 5.74) is -1.00. The van der Waals surface area contributed by atoms with E-state index in [2.05, 4.69) is 15.6 Å². The molecule has 0 radical (unpaired) electrons. The lowest BCUT2D eigenvalue weighted by atomic mass is 9.78. The van der Waals surface area contributed by atoms with Gasteiger partial charge in [0.2, 0.25) is 5.91 Å². The Labute approximate surface area is 201 Å². The van der Waals surface area contributed by atoms with Crippen molar-refractivity contribution >= 4 is 11.8 Å². The number of alkyl halides is 3. The van der Waals surface area contributed by atoms with E-state index in [1.807, 2.05) is 12.1 Å². The first-order chi connectivity index (χ1) is 16.6. The molecule has 2 aliphatic rings. The molecule has 1 atom stereocenters. The lowest BCUT2D eigenvalue weighted by molar-refractivity contribution is -0.137. The van der Waals surface area contributed by atoms with E-state index in [1.54, 1.807) is 17.3 Å². The maximum Gasteiger partial charge on any atom is 0.416 e. The molecular formula is C25H29F3N4O3. The van der Waals surface area contributed by atoms with Crippen LogP contribution in [0.15, 0.2) is 48.8 Å². The number of nitrogens with one attached hydrogen (secondary N) is 2. The van der Waals surface area contributed by atoms with Gasteiger partial charge < -0.3 is 20.6 Å². The summed E-state index contributed by atoms with van der Waals surface area (Å²) in [5, 5.41) is 17.0. The first-order valence-electron chi connectivity index (χ1n) is 11.8. The topological polar surface area (TPSA) is 94.6 Å². The molecule has 4 rings (SSSR count). The second-order valence-electron chi connectivity index (χ2n) is 9.30. The molecule has 0 bridgehead atoms. The number of halogens is 3. The minimum Gasteiger partial charge on any atom is -0.385 e. The number of benzene rings is 1. The maximum atomic E-state index is 12.9. The van der Waals surface area contributed by atoms with Crippen LogP contribution in [0.5, 0.6) is 0 Å². The monoisotopic (exact) mass is 490 g/mol. The largest absolute Gasteiger partial charge is 0.416 e. The Morgan fingerprint density at radius 1 is 1.09 bits per heavy atom. The van der Waals surface area contributed by atoms with Crippen LogP contribution in [0.1, 0.15) is 53.6 Å². The zero-order valence-corrected chi connectivity index (χ0v) is 19.2. The second kappa shape index (κ2) is 10.3. The minimum absolute atomic E-state index is 0.121. The number of amides is 2. The van der Waals surface area contributed by atoms with Crippen LogP contribution in [0.25, 0.3) is 0 Å². The molecule has 0 unspecified atom stereocenters. The van der Waals surface area contributed by atoms with Crippen molar-refractivity contribution in [1.82, 2.24) is 20.5 Å². The quantitative estimate of drug-likeness (QED) is 0.579. The molecule has 2 heterocycles. The van der Waals surface area contributed by atoms with Gasteiger partial charge in [-0.2, -0.15) is 13.2 Å². The molecule has 2 aromatic rings. The summed E-state index contributed by atoms with van der Waals surface area (Å²) in [4.78, 5) is 30.5. The Kier molecular flexibility index (Phi) is 7.42.